The fraction of sp³-hybridized carbons (Fsp3) is 0.731. The molecule has 3 heterocycles. The van der Waals surface area contributed by atoms with Gasteiger partial charge in [-0.25, -0.2) is 0 Å². The van der Waals surface area contributed by atoms with Crippen LogP contribution in [0.3, 0.4) is 0 Å². The van der Waals surface area contributed by atoms with Gasteiger partial charge in [-0.1, -0.05) is 12.5 Å². The third-order valence-electron chi connectivity index (χ3n) is 8.83. The van der Waals surface area contributed by atoms with E-state index in [4.69, 9.17) is 14.2 Å². The molecule has 0 bridgehead atoms. The number of fused-ring (bicyclic) bond motifs is 1. The summed E-state index contributed by atoms with van der Waals surface area (Å²) in [5, 5.41) is 0. The summed E-state index contributed by atoms with van der Waals surface area (Å²) in [5.41, 5.74) is 1.88. The molecule has 0 N–H and O–H groups in total. The van der Waals surface area contributed by atoms with Gasteiger partial charge in [0.15, 0.2) is 0 Å². The number of carbonyl (C=O) groups excluding carboxylic acids is 1. The van der Waals surface area contributed by atoms with Crippen molar-refractivity contribution in [2.24, 2.45) is 5.92 Å². The number of benzene rings is 1. The molecule has 1 aromatic carbocycles. The first-order valence-electron chi connectivity index (χ1n) is 12.6. The molecule has 0 unspecified atom stereocenters. The van der Waals surface area contributed by atoms with E-state index >= 15 is 0 Å². The molecule has 0 aromatic heterocycles. The first-order chi connectivity index (χ1) is 15.6. The number of piperidine rings is 1. The van der Waals surface area contributed by atoms with E-state index < -0.39 is 5.79 Å². The normalized spacial score (nSPS) is 32.2. The van der Waals surface area contributed by atoms with E-state index in [9.17, 15) is 4.79 Å². The van der Waals surface area contributed by atoms with E-state index in [-0.39, 0.29) is 11.5 Å². The highest BCUT2D eigenvalue weighted by atomic mass is 16.7. The highest BCUT2D eigenvalue weighted by molar-refractivity contribution is 5.80. The van der Waals surface area contributed by atoms with Crippen molar-refractivity contribution in [3.8, 4) is 5.75 Å². The van der Waals surface area contributed by atoms with Crippen molar-refractivity contribution >= 4 is 5.91 Å². The second-order valence-electron chi connectivity index (χ2n) is 10.6. The van der Waals surface area contributed by atoms with Crippen molar-refractivity contribution in [2.45, 2.75) is 81.8 Å². The average Bonchev–Trinajstić information content (AvgIpc) is 3.29. The third-order valence-corrected chi connectivity index (χ3v) is 8.83. The molecule has 2 saturated heterocycles. The van der Waals surface area contributed by atoms with Crippen molar-refractivity contribution in [1.82, 2.24) is 9.80 Å². The number of likely N-dealkylation sites (tertiary alicyclic amines) is 2. The Kier molecular flexibility index (Phi) is 5.23. The molecule has 2 saturated carbocycles. The van der Waals surface area contributed by atoms with Crippen LogP contribution < -0.4 is 4.74 Å². The van der Waals surface area contributed by atoms with E-state index in [0.29, 0.717) is 12.5 Å². The van der Waals surface area contributed by atoms with Gasteiger partial charge in [-0.3, -0.25) is 9.69 Å². The summed E-state index contributed by atoms with van der Waals surface area (Å²) in [7, 11) is 1.77. The summed E-state index contributed by atoms with van der Waals surface area (Å²) in [6.07, 6.45) is 9.77. The lowest BCUT2D eigenvalue weighted by molar-refractivity contribution is -0.231. The van der Waals surface area contributed by atoms with E-state index in [1.165, 1.54) is 19.3 Å². The van der Waals surface area contributed by atoms with Gasteiger partial charge in [0.1, 0.15) is 5.75 Å². The van der Waals surface area contributed by atoms with Gasteiger partial charge < -0.3 is 19.1 Å². The lowest BCUT2D eigenvalue weighted by atomic mass is 9.66. The van der Waals surface area contributed by atoms with Crippen molar-refractivity contribution in [2.75, 3.05) is 33.3 Å². The first kappa shape index (κ1) is 20.9. The highest BCUT2D eigenvalue weighted by Crippen LogP contribution is 2.50. The molecule has 1 aromatic rings. The molecule has 0 atom stereocenters. The van der Waals surface area contributed by atoms with E-state index in [1.54, 1.807) is 7.11 Å². The van der Waals surface area contributed by atoms with Crippen LogP contribution in [-0.4, -0.2) is 60.8 Å². The highest BCUT2D eigenvalue weighted by Gasteiger charge is 2.51. The van der Waals surface area contributed by atoms with Crippen LogP contribution in [0.2, 0.25) is 0 Å². The van der Waals surface area contributed by atoms with Gasteiger partial charge in [0.25, 0.3) is 0 Å². The number of hydrogen-bond acceptors (Lipinski definition) is 5. The number of hydrogen-bond donors (Lipinski definition) is 0. The van der Waals surface area contributed by atoms with Crippen LogP contribution in [0.1, 0.15) is 68.9 Å². The Labute approximate surface area is 191 Å². The molecule has 1 spiro atoms. The summed E-state index contributed by atoms with van der Waals surface area (Å²) >= 11 is 0. The Hall–Kier alpha value is -1.63. The third kappa shape index (κ3) is 3.46. The van der Waals surface area contributed by atoms with Gasteiger partial charge in [0.05, 0.1) is 12.2 Å². The Bertz CT molecular complexity index is 863. The van der Waals surface area contributed by atoms with E-state index in [2.05, 4.69) is 23.1 Å². The number of rotatable bonds is 4. The zero-order valence-corrected chi connectivity index (χ0v) is 19.3. The number of methoxy groups -OCH3 is 1. The number of ether oxygens (including phenoxy) is 3. The van der Waals surface area contributed by atoms with Crippen LogP contribution in [-0.2, 0) is 26.5 Å². The van der Waals surface area contributed by atoms with Crippen molar-refractivity contribution in [3.05, 3.63) is 29.3 Å². The zero-order chi connectivity index (χ0) is 21.8. The molecule has 6 rings (SSSR count). The number of carbonyl (C=O) groups is 1. The summed E-state index contributed by atoms with van der Waals surface area (Å²) in [6, 6.07) is 7.22. The Morgan fingerprint density at radius 1 is 1.06 bits per heavy atom. The SMILES string of the molecule is COC1(c2ccc3c(c2)COC2(CCN(C4CCC4)CC2)O3)CC(C(=O)N2CCCC2)C1. The van der Waals surface area contributed by atoms with Gasteiger partial charge in [-0.05, 0) is 56.2 Å². The average molecular weight is 441 g/mol. The minimum Gasteiger partial charge on any atom is -0.462 e. The van der Waals surface area contributed by atoms with Crippen LogP contribution >= 0.6 is 0 Å². The quantitative estimate of drug-likeness (QED) is 0.713. The number of nitrogens with zero attached hydrogens (tertiary/aromatic N) is 2. The van der Waals surface area contributed by atoms with Gasteiger partial charge in [0, 0.05) is 63.7 Å². The molecular formula is C26H36N2O4. The molecule has 1 amide bonds. The molecule has 6 heteroatoms. The lowest BCUT2D eigenvalue weighted by Gasteiger charge is -2.49. The van der Waals surface area contributed by atoms with Crippen molar-refractivity contribution in [1.29, 1.82) is 0 Å². The summed E-state index contributed by atoms with van der Waals surface area (Å²) in [4.78, 5) is 17.4. The van der Waals surface area contributed by atoms with Crippen molar-refractivity contribution in [3.63, 3.8) is 0 Å². The summed E-state index contributed by atoms with van der Waals surface area (Å²) < 4.78 is 18.8. The van der Waals surface area contributed by atoms with Crippen LogP contribution in [0.4, 0.5) is 0 Å². The van der Waals surface area contributed by atoms with Gasteiger partial charge in [-0.2, -0.15) is 0 Å². The lowest BCUT2D eigenvalue weighted by Crippen LogP contribution is -2.54. The molecule has 0 radical (unpaired) electrons. The van der Waals surface area contributed by atoms with Crippen molar-refractivity contribution < 1.29 is 19.0 Å². The standard InChI is InChI=1S/C26H36N2O4/c1-30-25(16-20(17-25)24(29)28-11-2-3-12-28)21-7-8-23-19(15-21)18-31-26(32-23)9-13-27(14-10-26)22-5-4-6-22/h7-8,15,20,22H,2-6,9-14,16-18H2,1H3. The predicted molar refractivity (Wildman–Crippen MR) is 120 cm³/mol. The van der Waals surface area contributed by atoms with Gasteiger partial charge in [-0.15, -0.1) is 0 Å². The molecule has 2 aliphatic carbocycles. The topological polar surface area (TPSA) is 51.2 Å². The molecule has 3 aliphatic heterocycles. The summed E-state index contributed by atoms with van der Waals surface area (Å²) in [6.45, 7) is 4.56. The zero-order valence-electron chi connectivity index (χ0n) is 19.3. The molecule has 5 aliphatic rings. The maximum Gasteiger partial charge on any atom is 0.225 e. The van der Waals surface area contributed by atoms with E-state index in [0.717, 1.165) is 87.6 Å². The maximum atomic E-state index is 12.8. The monoisotopic (exact) mass is 440 g/mol. The largest absolute Gasteiger partial charge is 0.462 e. The minimum atomic E-state index is -0.461. The first-order valence-corrected chi connectivity index (χ1v) is 12.6. The maximum absolute atomic E-state index is 12.8. The Morgan fingerprint density at radius 3 is 2.47 bits per heavy atom. The Balaban J connectivity index is 1.12. The van der Waals surface area contributed by atoms with Crippen LogP contribution in [0.5, 0.6) is 5.75 Å². The molecule has 4 fully saturated rings. The summed E-state index contributed by atoms with van der Waals surface area (Å²) in [5.74, 6) is 0.889. The van der Waals surface area contributed by atoms with E-state index in [1.807, 2.05) is 4.90 Å². The van der Waals surface area contributed by atoms with Crippen LogP contribution in [0, 0.1) is 5.92 Å². The fourth-order valence-corrected chi connectivity index (χ4v) is 6.37. The van der Waals surface area contributed by atoms with Gasteiger partial charge in [0.2, 0.25) is 11.7 Å². The van der Waals surface area contributed by atoms with Crippen LogP contribution in [0.25, 0.3) is 0 Å². The second-order valence-corrected chi connectivity index (χ2v) is 10.6. The minimum absolute atomic E-state index is 0.0840. The van der Waals surface area contributed by atoms with Gasteiger partial charge >= 0.3 is 0 Å². The predicted octanol–water partition coefficient (Wildman–Crippen LogP) is 3.81. The molecular weight excluding hydrogens is 404 g/mol. The smallest absolute Gasteiger partial charge is 0.225 e. The molecule has 6 nitrogen and oxygen atoms in total. The number of amides is 1. The molecule has 32 heavy (non-hydrogen) atoms. The molecule has 174 valence electrons. The van der Waals surface area contributed by atoms with Crippen LogP contribution in [0.15, 0.2) is 18.2 Å². The second kappa shape index (κ2) is 8.00. The fourth-order valence-electron chi connectivity index (χ4n) is 6.37. The Morgan fingerprint density at radius 2 is 1.81 bits per heavy atom.